The van der Waals surface area contributed by atoms with Crippen molar-refractivity contribution in [2.45, 2.75) is 68.4 Å². The highest BCUT2D eigenvalue weighted by Crippen LogP contribution is 2.50. The molecule has 7 atom stereocenters. The van der Waals surface area contributed by atoms with Gasteiger partial charge >= 0.3 is 0 Å². The molecule has 2 bridgehead atoms. The summed E-state index contributed by atoms with van der Waals surface area (Å²) >= 11 is 0. The van der Waals surface area contributed by atoms with E-state index in [2.05, 4.69) is 11.0 Å². The molecule has 2 amide bonds. The van der Waals surface area contributed by atoms with Gasteiger partial charge in [0.25, 0.3) is 0 Å². The highest BCUT2D eigenvalue weighted by Gasteiger charge is 2.57. The zero-order valence-corrected chi connectivity index (χ0v) is 17.9. The third-order valence-electron chi connectivity index (χ3n) is 8.15. The van der Waals surface area contributed by atoms with E-state index in [1.165, 1.54) is 12.1 Å². The summed E-state index contributed by atoms with van der Waals surface area (Å²) in [4.78, 5) is 32.2. The quantitative estimate of drug-likeness (QED) is 0.726. The van der Waals surface area contributed by atoms with Crippen LogP contribution in [0, 0.1) is 29.0 Å². The van der Waals surface area contributed by atoms with E-state index in [0.717, 1.165) is 37.7 Å². The first-order valence-corrected chi connectivity index (χ1v) is 11.8. The van der Waals surface area contributed by atoms with Crippen LogP contribution < -0.4 is 5.73 Å². The second kappa shape index (κ2) is 7.26. The number of hydrogen-bond donors (Lipinski definition) is 1. The Bertz CT molecular complexity index is 989. The molecule has 5 aliphatic rings. The average Bonchev–Trinajstić information content (AvgIpc) is 3.67. The Morgan fingerprint density at radius 2 is 1.97 bits per heavy atom. The molecule has 32 heavy (non-hydrogen) atoms. The van der Waals surface area contributed by atoms with Crippen molar-refractivity contribution in [3.63, 3.8) is 0 Å². The van der Waals surface area contributed by atoms with Crippen LogP contribution in [-0.2, 0) is 9.59 Å². The number of amides is 2. The van der Waals surface area contributed by atoms with Crippen LogP contribution in [0.2, 0.25) is 0 Å². The predicted octanol–water partition coefficient (Wildman–Crippen LogP) is 1.40. The first kappa shape index (κ1) is 20.1. The van der Waals surface area contributed by atoms with E-state index < -0.39 is 6.04 Å². The van der Waals surface area contributed by atoms with Gasteiger partial charge in [-0.3, -0.25) is 14.5 Å². The third-order valence-corrected chi connectivity index (χ3v) is 8.15. The van der Waals surface area contributed by atoms with Crippen LogP contribution in [0.1, 0.15) is 43.7 Å². The van der Waals surface area contributed by atoms with Crippen LogP contribution >= 0.6 is 0 Å². The smallest absolute Gasteiger partial charge is 0.242 e. The molecule has 1 unspecified atom stereocenters. The van der Waals surface area contributed by atoms with E-state index in [1.54, 1.807) is 17.0 Å². The van der Waals surface area contributed by atoms with Crippen molar-refractivity contribution >= 4 is 11.8 Å². The van der Waals surface area contributed by atoms with Crippen molar-refractivity contribution in [3.8, 4) is 6.07 Å². The first-order valence-electron chi connectivity index (χ1n) is 11.8. The van der Waals surface area contributed by atoms with Crippen LogP contribution in [0.15, 0.2) is 24.3 Å². The number of halogens is 1. The third kappa shape index (κ3) is 3.13. The summed E-state index contributed by atoms with van der Waals surface area (Å²) in [6.07, 6.45) is 4.66. The normalized spacial score (nSPS) is 35.0. The van der Waals surface area contributed by atoms with Crippen LogP contribution in [0.5, 0.6) is 0 Å². The second-order valence-electron chi connectivity index (χ2n) is 10.2. The minimum atomic E-state index is -0.720. The molecule has 2 N–H and O–H groups in total. The minimum Gasteiger partial charge on any atom is -0.330 e. The molecule has 6 rings (SSSR count). The van der Waals surface area contributed by atoms with Crippen molar-refractivity contribution in [2.24, 2.45) is 17.6 Å². The topological polar surface area (TPSA) is 93.7 Å². The van der Waals surface area contributed by atoms with Crippen molar-refractivity contribution in [3.05, 3.63) is 35.6 Å². The van der Waals surface area contributed by atoms with E-state index in [-0.39, 0.29) is 47.8 Å². The van der Waals surface area contributed by atoms with Gasteiger partial charge in [-0.25, -0.2) is 4.39 Å². The molecule has 3 saturated heterocycles. The number of rotatable bonds is 6. The lowest BCUT2D eigenvalue weighted by Gasteiger charge is -2.40. The molecule has 1 aromatic carbocycles. The number of carbonyl (C=O) groups is 2. The van der Waals surface area contributed by atoms with Gasteiger partial charge in [0.1, 0.15) is 11.9 Å². The molecule has 0 aromatic heterocycles. The number of benzene rings is 1. The molecule has 3 heterocycles. The summed E-state index contributed by atoms with van der Waals surface area (Å²) in [6.45, 7) is 1.05. The number of likely N-dealkylation sites (tertiary alicyclic amines) is 3. The molecule has 7 nitrogen and oxygen atoms in total. The highest BCUT2D eigenvalue weighted by atomic mass is 19.1. The van der Waals surface area contributed by atoms with Gasteiger partial charge < -0.3 is 15.5 Å². The molecule has 8 heteroatoms. The van der Waals surface area contributed by atoms with Gasteiger partial charge in [0, 0.05) is 25.2 Å². The molecule has 168 valence electrons. The summed E-state index contributed by atoms with van der Waals surface area (Å²) in [5, 5.41) is 9.38. The maximum Gasteiger partial charge on any atom is 0.242 e. The molecule has 1 aromatic rings. The maximum absolute atomic E-state index is 13.4. The Kier molecular flexibility index (Phi) is 4.57. The van der Waals surface area contributed by atoms with E-state index in [4.69, 9.17) is 5.73 Å². The number of nitrogens with two attached hydrogens (primary N) is 1. The van der Waals surface area contributed by atoms with Crippen molar-refractivity contribution < 1.29 is 14.0 Å². The lowest BCUT2D eigenvalue weighted by molar-refractivity contribution is -0.142. The van der Waals surface area contributed by atoms with Crippen LogP contribution in [-0.4, -0.2) is 69.8 Å². The van der Waals surface area contributed by atoms with E-state index in [1.807, 2.05) is 4.90 Å². The van der Waals surface area contributed by atoms with Gasteiger partial charge in [-0.1, -0.05) is 12.1 Å². The molecule has 5 fully saturated rings. The summed E-state index contributed by atoms with van der Waals surface area (Å²) in [7, 11) is 0. The van der Waals surface area contributed by atoms with E-state index in [0.29, 0.717) is 24.9 Å². The molecule has 0 radical (unpaired) electrons. The van der Waals surface area contributed by atoms with Crippen molar-refractivity contribution in [2.75, 3.05) is 13.1 Å². The Labute approximate surface area is 186 Å². The summed E-state index contributed by atoms with van der Waals surface area (Å²) < 4.78 is 13.4. The standard InChI is InChI=1S/C24H28FN5O2/c25-16-5-3-14(4-6-16)22(13-1-2-13)30-18-9-21(24(30)32)28(11-18)12-19(27)23(31)29-17(10-26)7-15-8-20(15)29/h3-6,13,15,17-22H,1-2,7-9,11-12,27H2/t15-,17+,18?,19+,20+,21+,22+/m1/s1. The largest absolute Gasteiger partial charge is 0.330 e. The molecular formula is C24H28FN5O2. The monoisotopic (exact) mass is 437 g/mol. The highest BCUT2D eigenvalue weighted by molar-refractivity contribution is 5.87. The summed E-state index contributed by atoms with van der Waals surface area (Å²) in [5.74, 6) is 0.568. The SMILES string of the molecule is N#C[C@@H]1C[C@@H]2C[C@@H]2N1C(=O)[C@@H](N)CN1CC2C[C@H]1C(=O)N2[C@H](c1ccc(F)cc1)C1CC1. The van der Waals surface area contributed by atoms with Gasteiger partial charge in [-0.05, 0) is 61.6 Å². The Morgan fingerprint density at radius 1 is 1.22 bits per heavy atom. The number of nitrogens with zero attached hydrogens (tertiary/aromatic N) is 4. The fraction of sp³-hybridized carbons (Fsp3) is 0.625. The second-order valence-corrected chi connectivity index (χ2v) is 10.2. The molecule has 0 spiro atoms. The number of fused-ring (bicyclic) bond motifs is 3. The summed E-state index contributed by atoms with van der Waals surface area (Å²) in [6, 6.07) is 7.73. The van der Waals surface area contributed by atoms with Crippen molar-refractivity contribution in [1.29, 1.82) is 5.26 Å². The van der Waals surface area contributed by atoms with Crippen LogP contribution in [0.3, 0.4) is 0 Å². The van der Waals surface area contributed by atoms with E-state index in [9.17, 15) is 19.2 Å². The first-order chi connectivity index (χ1) is 15.5. The number of nitriles is 1. The fourth-order valence-corrected chi connectivity index (χ4v) is 6.40. The van der Waals surface area contributed by atoms with Gasteiger partial charge in [-0.15, -0.1) is 0 Å². The van der Waals surface area contributed by atoms with Gasteiger partial charge in [0.2, 0.25) is 11.8 Å². The van der Waals surface area contributed by atoms with Crippen LogP contribution in [0.4, 0.5) is 4.39 Å². The van der Waals surface area contributed by atoms with Gasteiger partial charge in [0.15, 0.2) is 0 Å². The lowest BCUT2D eigenvalue weighted by Crippen LogP contribution is -2.57. The molecule has 2 aliphatic carbocycles. The Balaban J connectivity index is 1.14. The number of hydrogen-bond acceptors (Lipinski definition) is 5. The fourth-order valence-electron chi connectivity index (χ4n) is 6.40. The van der Waals surface area contributed by atoms with Crippen LogP contribution in [0.25, 0.3) is 0 Å². The maximum atomic E-state index is 13.4. The molecule has 2 saturated carbocycles. The zero-order valence-electron chi connectivity index (χ0n) is 17.9. The van der Waals surface area contributed by atoms with E-state index >= 15 is 0 Å². The lowest BCUT2D eigenvalue weighted by atomic mass is 9.99. The Morgan fingerprint density at radius 3 is 2.62 bits per heavy atom. The minimum absolute atomic E-state index is 0.00309. The number of piperazine rings is 1. The summed E-state index contributed by atoms with van der Waals surface area (Å²) in [5.41, 5.74) is 7.31. The predicted molar refractivity (Wildman–Crippen MR) is 113 cm³/mol. The molecular weight excluding hydrogens is 409 g/mol. The van der Waals surface area contributed by atoms with Gasteiger partial charge in [-0.2, -0.15) is 5.26 Å². The number of carbonyl (C=O) groups excluding carboxylic acids is 2. The van der Waals surface area contributed by atoms with Gasteiger partial charge in [0.05, 0.1) is 24.2 Å². The number of piperidine rings is 1. The Hall–Kier alpha value is -2.50. The zero-order chi connectivity index (χ0) is 22.1. The average molecular weight is 438 g/mol. The molecule has 3 aliphatic heterocycles. The van der Waals surface area contributed by atoms with Crippen molar-refractivity contribution in [1.82, 2.24) is 14.7 Å².